The molecule has 0 aliphatic rings. The zero-order chi connectivity index (χ0) is 45.1. The zero-order valence-electron chi connectivity index (χ0n) is 30.6. The quantitative estimate of drug-likeness (QED) is 0.0366. The molecule has 14 N–H and O–H groups in total. The van der Waals surface area contributed by atoms with Crippen LogP contribution in [0.5, 0.6) is 0 Å². The number of carboxylic acid groups (broad SMARTS) is 4. The molecule has 58 heavy (non-hydrogen) atoms. The number of carboxylic acids is 4. The molecule has 0 aliphatic heterocycles. The van der Waals surface area contributed by atoms with Crippen LogP contribution in [0, 0.1) is 0 Å². The maximum absolute atomic E-state index is 12.6. The predicted molar refractivity (Wildman–Crippen MR) is 199 cm³/mol. The molecule has 0 fully saturated rings. The Balaban J connectivity index is 0.000000580. The Morgan fingerprint density at radius 3 is 1.17 bits per heavy atom. The van der Waals surface area contributed by atoms with E-state index in [1.54, 1.807) is 9.44 Å². The first-order chi connectivity index (χ1) is 26.3. The summed E-state index contributed by atoms with van der Waals surface area (Å²) in [6.45, 7) is 6.77. The molecule has 0 radical (unpaired) electrons. The Labute approximate surface area is 335 Å². The SMILES string of the molecule is C[C@H](NS(=O)(=O)O)[C@@H](NC(=O)/C(=N\OC(C)(C)C(=O)O)c1csc(N)n1)C(=O)O.C[C@H](NS(=O)(=O)O)[C@H](NC(=O)/C(=N\OC(C)(C)C(=O)O)c1csc(N)n1)C(=O)O. The highest BCUT2D eigenvalue weighted by atomic mass is 32.2. The van der Waals surface area contributed by atoms with Crippen molar-refractivity contribution < 1.29 is 84.8 Å². The van der Waals surface area contributed by atoms with Crippen molar-refractivity contribution in [1.29, 1.82) is 0 Å². The van der Waals surface area contributed by atoms with Crippen LogP contribution in [-0.4, -0.2) is 139 Å². The maximum Gasteiger partial charge on any atom is 0.350 e. The summed E-state index contributed by atoms with van der Waals surface area (Å²) in [5.41, 5.74) is 5.87. The van der Waals surface area contributed by atoms with Crippen LogP contribution in [0.2, 0.25) is 0 Å². The highest BCUT2D eigenvalue weighted by Gasteiger charge is 2.36. The molecule has 2 amide bonds. The van der Waals surface area contributed by atoms with Crippen molar-refractivity contribution in [1.82, 2.24) is 30.0 Å². The molecule has 2 rings (SSSR count). The van der Waals surface area contributed by atoms with Crippen LogP contribution in [-0.2, 0) is 59.1 Å². The standard InChI is InChI=1S/2C13H19N5O9S2/c2*1-5(18-29(24,25)26)7(10(20)21)16-9(19)8(6-4-28-12(14)15-6)17-27-13(2,3)11(22)23/h2*4-5,7,18H,1-3H3,(H2,14,15)(H,16,19)(H,20,21)(H,22,23)(H,24,25,26)/b2*17-8-/t5-,7+;5-,7-/m00/s1. The Kier molecular flexibility index (Phi) is 17.5. The van der Waals surface area contributed by atoms with Gasteiger partial charge in [-0.25, -0.2) is 29.1 Å². The van der Waals surface area contributed by atoms with Gasteiger partial charge in [-0.3, -0.25) is 18.7 Å². The van der Waals surface area contributed by atoms with Gasteiger partial charge in [0.05, 0.1) is 12.1 Å². The lowest BCUT2D eigenvalue weighted by Gasteiger charge is -2.21. The molecule has 4 atom stereocenters. The fourth-order valence-electron chi connectivity index (χ4n) is 3.43. The Hall–Kier alpha value is -5.64. The minimum Gasteiger partial charge on any atom is -0.480 e. The number of carbonyl (C=O) groups excluding carboxylic acids is 2. The lowest BCUT2D eigenvalue weighted by molar-refractivity contribution is -0.161. The van der Waals surface area contributed by atoms with Crippen molar-refractivity contribution in [3.05, 3.63) is 22.1 Å². The van der Waals surface area contributed by atoms with E-state index in [4.69, 9.17) is 40.5 Å². The van der Waals surface area contributed by atoms with Crippen molar-refractivity contribution in [3.8, 4) is 0 Å². The molecule has 0 aliphatic carbocycles. The number of carbonyl (C=O) groups is 6. The number of thiazole rings is 2. The van der Waals surface area contributed by atoms with Crippen molar-refractivity contribution in [2.24, 2.45) is 10.3 Å². The molecule has 32 heteroatoms. The summed E-state index contributed by atoms with van der Waals surface area (Å²) in [4.78, 5) is 87.6. The number of nitrogens with two attached hydrogens (primary N) is 2. The minimum atomic E-state index is -4.76. The third-order valence-corrected chi connectivity index (χ3v) is 9.18. The van der Waals surface area contributed by atoms with Gasteiger partial charge in [0.2, 0.25) is 11.2 Å². The summed E-state index contributed by atoms with van der Waals surface area (Å²) in [5, 5.41) is 50.3. The van der Waals surface area contributed by atoms with Gasteiger partial charge < -0.3 is 52.2 Å². The maximum atomic E-state index is 12.6. The molecule has 2 aromatic heterocycles. The highest BCUT2D eigenvalue weighted by Crippen LogP contribution is 2.17. The molecule has 0 bridgehead atoms. The molecule has 324 valence electrons. The van der Waals surface area contributed by atoms with Crippen molar-refractivity contribution in [2.75, 3.05) is 11.5 Å². The van der Waals surface area contributed by atoms with Crippen LogP contribution in [0.15, 0.2) is 21.1 Å². The van der Waals surface area contributed by atoms with E-state index in [1.807, 2.05) is 10.6 Å². The van der Waals surface area contributed by atoms with Crippen LogP contribution in [0.3, 0.4) is 0 Å². The van der Waals surface area contributed by atoms with Crippen molar-refractivity contribution in [3.63, 3.8) is 0 Å². The summed E-state index contributed by atoms with van der Waals surface area (Å²) >= 11 is 1.84. The number of anilines is 2. The van der Waals surface area contributed by atoms with Crippen molar-refractivity contribution >= 4 is 101 Å². The van der Waals surface area contributed by atoms with E-state index in [-0.39, 0.29) is 21.7 Å². The molecule has 0 unspecified atom stereocenters. The van der Waals surface area contributed by atoms with Crippen LogP contribution in [0.25, 0.3) is 0 Å². The number of amides is 2. The lowest BCUT2D eigenvalue weighted by atomic mass is 10.1. The summed E-state index contributed by atoms with van der Waals surface area (Å²) < 4.78 is 64.4. The fourth-order valence-corrected chi connectivity index (χ4v) is 5.73. The number of aromatic nitrogens is 2. The molecule has 0 aromatic carbocycles. The molecular weight excluding hydrogens is 869 g/mol. The van der Waals surface area contributed by atoms with Gasteiger partial charge in [-0.1, -0.05) is 10.3 Å². The summed E-state index contributed by atoms with van der Waals surface area (Å²) in [7, 11) is -9.52. The van der Waals surface area contributed by atoms with E-state index in [0.717, 1.165) is 64.2 Å². The number of oxime groups is 2. The number of nitrogen functional groups attached to an aromatic ring is 2. The number of aliphatic carboxylic acids is 4. The number of nitrogens with one attached hydrogen (secondary N) is 4. The normalized spacial score (nSPS) is 14.7. The third kappa shape index (κ3) is 16.5. The second-order valence-corrected chi connectivity index (χ2v) is 16.3. The molecule has 0 saturated heterocycles. The van der Waals surface area contributed by atoms with E-state index in [2.05, 4.69) is 20.3 Å². The van der Waals surface area contributed by atoms with Crippen molar-refractivity contribution in [2.45, 2.75) is 76.9 Å². The van der Waals surface area contributed by atoms with Gasteiger partial charge in [0.1, 0.15) is 23.5 Å². The van der Waals surface area contributed by atoms with Crippen LogP contribution >= 0.6 is 22.7 Å². The van der Waals surface area contributed by atoms with Gasteiger partial charge in [0.15, 0.2) is 21.7 Å². The Bertz CT molecular complexity index is 2000. The first-order valence-electron chi connectivity index (χ1n) is 15.3. The Morgan fingerprint density at radius 2 is 0.966 bits per heavy atom. The molecule has 2 heterocycles. The van der Waals surface area contributed by atoms with Gasteiger partial charge in [-0.2, -0.15) is 26.3 Å². The van der Waals surface area contributed by atoms with Crippen LogP contribution < -0.4 is 31.5 Å². The topological polar surface area (TPSA) is 461 Å². The molecule has 28 nitrogen and oxygen atoms in total. The largest absolute Gasteiger partial charge is 0.480 e. The first-order valence-corrected chi connectivity index (χ1v) is 19.9. The summed E-state index contributed by atoms with van der Waals surface area (Å²) in [6.07, 6.45) is 0. The van der Waals surface area contributed by atoms with Gasteiger partial charge in [0, 0.05) is 10.8 Å². The van der Waals surface area contributed by atoms with Gasteiger partial charge >= 0.3 is 44.5 Å². The van der Waals surface area contributed by atoms with E-state index in [0.29, 0.717) is 0 Å². The zero-order valence-corrected chi connectivity index (χ0v) is 33.9. The number of hydrogen-bond acceptors (Lipinski definition) is 20. The number of rotatable bonds is 20. The van der Waals surface area contributed by atoms with E-state index in [9.17, 15) is 55.8 Å². The van der Waals surface area contributed by atoms with Crippen LogP contribution in [0.1, 0.15) is 52.9 Å². The summed E-state index contributed by atoms with van der Waals surface area (Å²) in [5.74, 6) is -8.40. The van der Waals surface area contributed by atoms with E-state index >= 15 is 0 Å². The second kappa shape index (κ2) is 20.2. The molecule has 2 aromatic rings. The fraction of sp³-hybridized carbons (Fsp3) is 0.462. The molecule has 0 saturated carbocycles. The molecule has 0 spiro atoms. The predicted octanol–water partition coefficient (Wildman–Crippen LogP) is -2.68. The summed E-state index contributed by atoms with van der Waals surface area (Å²) in [6, 6.07) is -6.61. The molecular formula is C26H38N10O18S4. The van der Waals surface area contributed by atoms with Gasteiger partial charge in [-0.05, 0) is 41.5 Å². The average molecular weight is 907 g/mol. The lowest BCUT2D eigenvalue weighted by Crippen LogP contribution is -2.55. The monoisotopic (exact) mass is 906 g/mol. The van der Waals surface area contributed by atoms with Gasteiger partial charge in [-0.15, -0.1) is 22.7 Å². The third-order valence-electron chi connectivity index (χ3n) is 6.49. The minimum absolute atomic E-state index is 0.0363. The average Bonchev–Trinajstić information content (AvgIpc) is 3.68. The number of nitrogens with zero attached hydrogens (tertiary/aromatic N) is 4. The highest BCUT2D eigenvalue weighted by molar-refractivity contribution is 7.84. The first kappa shape index (κ1) is 50.4. The van der Waals surface area contributed by atoms with Gasteiger partial charge in [0.25, 0.3) is 11.8 Å². The number of hydrogen-bond donors (Lipinski definition) is 12. The second-order valence-electron chi connectivity index (χ2n) is 12.2. The van der Waals surface area contributed by atoms with Crippen LogP contribution in [0.4, 0.5) is 10.3 Å². The smallest absolute Gasteiger partial charge is 0.350 e. The Morgan fingerprint density at radius 1 is 0.672 bits per heavy atom. The van der Waals surface area contributed by atoms with E-state index in [1.165, 1.54) is 10.8 Å². The van der Waals surface area contributed by atoms with E-state index < -0.39 is 103 Å².